The molecule has 5 nitrogen and oxygen atoms in total. The lowest BCUT2D eigenvalue weighted by Crippen LogP contribution is -2.38. The van der Waals surface area contributed by atoms with Crippen LogP contribution in [0.1, 0.15) is 52.6 Å². The number of aliphatic hydroxyl groups excluding tert-OH is 1. The SMILES string of the molecule is CC(C)Oc1cccc(C(C)NC(=O)NCCC(O)C(C)C)c1. The molecule has 1 rings (SSSR count). The van der Waals surface area contributed by atoms with E-state index in [2.05, 4.69) is 10.6 Å². The van der Waals surface area contributed by atoms with Gasteiger partial charge in [-0.2, -0.15) is 0 Å². The highest BCUT2D eigenvalue weighted by Gasteiger charge is 2.12. The molecule has 0 saturated heterocycles. The molecule has 3 N–H and O–H groups in total. The lowest BCUT2D eigenvalue weighted by molar-refractivity contribution is 0.116. The monoisotopic (exact) mass is 322 g/mol. The van der Waals surface area contributed by atoms with E-state index in [9.17, 15) is 9.90 Å². The second-order valence-corrected chi connectivity index (χ2v) is 6.46. The van der Waals surface area contributed by atoms with Gasteiger partial charge >= 0.3 is 6.03 Å². The maximum Gasteiger partial charge on any atom is 0.315 e. The first-order chi connectivity index (χ1) is 10.8. The Labute approximate surface area is 139 Å². The topological polar surface area (TPSA) is 70.6 Å². The van der Waals surface area contributed by atoms with Crippen molar-refractivity contribution in [1.29, 1.82) is 0 Å². The zero-order valence-corrected chi connectivity index (χ0v) is 14.8. The van der Waals surface area contributed by atoms with E-state index in [4.69, 9.17) is 4.74 Å². The third-order valence-electron chi connectivity index (χ3n) is 3.57. The molecule has 0 aliphatic heterocycles. The molecule has 0 saturated carbocycles. The molecule has 0 radical (unpaired) electrons. The quantitative estimate of drug-likeness (QED) is 0.688. The van der Waals surface area contributed by atoms with Crippen molar-refractivity contribution in [3.63, 3.8) is 0 Å². The summed E-state index contributed by atoms with van der Waals surface area (Å²) in [4.78, 5) is 11.9. The maximum absolute atomic E-state index is 11.9. The van der Waals surface area contributed by atoms with Gasteiger partial charge in [-0.1, -0.05) is 26.0 Å². The molecule has 2 atom stereocenters. The van der Waals surface area contributed by atoms with Crippen molar-refractivity contribution >= 4 is 6.03 Å². The zero-order valence-electron chi connectivity index (χ0n) is 14.8. The van der Waals surface area contributed by atoms with Gasteiger partial charge in [0.05, 0.1) is 18.2 Å². The van der Waals surface area contributed by atoms with E-state index in [-0.39, 0.29) is 24.1 Å². The van der Waals surface area contributed by atoms with Crippen LogP contribution in [0.3, 0.4) is 0 Å². The van der Waals surface area contributed by atoms with E-state index in [0.717, 1.165) is 11.3 Å². The van der Waals surface area contributed by atoms with Crippen molar-refractivity contribution in [3.8, 4) is 5.75 Å². The molecule has 23 heavy (non-hydrogen) atoms. The highest BCUT2D eigenvalue weighted by molar-refractivity contribution is 5.74. The lowest BCUT2D eigenvalue weighted by atomic mass is 10.0. The summed E-state index contributed by atoms with van der Waals surface area (Å²) >= 11 is 0. The summed E-state index contributed by atoms with van der Waals surface area (Å²) in [5.41, 5.74) is 0.987. The average Bonchev–Trinajstić information content (AvgIpc) is 2.46. The highest BCUT2D eigenvalue weighted by atomic mass is 16.5. The Bertz CT molecular complexity index is 489. The summed E-state index contributed by atoms with van der Waals surface area (Å²) in [7, 11) is 0. The van der Waals surface area contributed by atoms with Gasteiger partial charge in [-0.3, -0.25) is 0 Å². The van der Waals surface area contributed by atoms with Crippen LogP contribution in [0.5, 0.6) is 5.75 Å². The molecule has 130 valence electrons. The first-order valence-corrected chi connectivity index (χ1v) is 8.28. The zero-order chi connectivity index (χ0) is 17.4. The molecule has 1 aromatic rings. The van der Waals surface area contributed by atoms with Crippen LogP contribution < -0.4 is 15.4 Å². The second kappa shape index (κ2) is 9.40. The minimum absolute atomic E-state index is 0.115. The minimum Gasteiger partial charge on any atom is -0.491 e. The number of carbonyl (C=O) groups excluding carboxylic acids is 1. The Morgan fingerprint density at radius 3 is 2.52 bits per heavy atom. The molecule has 2 unspecified atom stereocenters. The number of rotatable bonds is 8. The summed E-state index contributed by atoms with van der Waals surface area (Å²) in [5.74, 6) is 0.995. The predicted octanol–water partition coefficient (Wildman–Crippen LogP) is 3.24. The molecular formula is C18H30N2O3. The summed E-state index contributed by atoms with van der Waals surface area (Å²) in [6.07, 6.45) is 0.277. The number of carbonyl (C=O) groups is 1. The van der Waals surface area contributed by atoms with Crippen LogP contribution in [-0.2, 0) is 0 Å². The average molecular weight is 322 g/mol. The smallest absolute Gasteiger partial charge is 0.315 e. The van der Waals surface area contributed by atoms with E-state index in [0.29, 0.717) is 13.0 Å². The van der Waals surface area contributed by atoms with Gasteiger partial charge < -0.3 is 20.5 Å². The van der Waals surface area contributed by atoms with Crippen LogP contribution in [0, 0.1) is 5.92 Å². The van der Waals surface area contributed by atoms with Gasteiger partial charge in [0.25, 0.3) is 0 Å². The van der Waals surface area contributed by atoms with Gasteiger partial charge in [-0.15, -0.1) is 0 Å². The Kier molecular flexibility index (Phi) is 7.89. The molecule has 0 fully saturated rings. The first kappa shape index (κ1) is 19.3. The van der Waals surface area contributed by atoms with E-state index in [1.165, 1.54) is 0 Å². The summed E-state index contributed by atoms with van der Waals surface area (Å²) in [5, 5.41) is 15.4. The van der Waals surface area contributed by atoms with Gasteiger partial charge in [0.2, 0.25) is 0 Å². The van der Waals surface area contributed by atoms with Crippen LogP contribution in [-0.4, -0.2) is 29.9 Å². The molecule has 0 spiro atoms. The summed E-state index contributed by atoms with van der Waals surface area (Å²) in [6.45, 7) is 10.3. The van der Waals surface area contributed by atoms with Crippen molar-refractivity contribution in [2.75, 3.05) is 6.54 Å². The van der Waals surface area contributed by atoms with Gasteiger partial charge in [0.1, 0.15) is 5.75 Å². The number of hydrogen-bond donors (Lipinski definition) is 3. The second-order valence-electron chi connectivity index (χ2n) is 6.46. The van der Waals surface area contributed by atoms with Crippen LogP contribution >= 0.6 is 0 Å². The van der Waals surface area contributed by atoms with Crippen molar-refractivity contribution < 1.29 is 14.6 Å². The number of urea groups is 1. The molecule has 0 bridgehead atoms. The van der Waals surface area contributed by atoms with E-state index in [1.807, 2.05) is 58.9 Å². The number of amides is 2. The van der Waals surface area contributed by atoms with Gasteiger partial charge in [-0.05, 0) is 50.8 Å². The van der Waals surface area contributed by atoms with Gasteiger partial charge in [0, 0.05) is 6.54 Å². The number of benzene rings is 1. The highest BCUT2D eigenvalue weighted by Crippen LogP contribution is 2.20. The molecule has 1 aromatic carbocycles. The predicted molar refractivity (Wildman–Crippen MR) is 92.6 cm³/mol. The van der Waals surface area contributed by atoms with Gasteiger partial charge in [-0.25, -0.2) is 4.79 Å². The molecule has 0 aliphatic carbocycles. The third kappa shape index (κ3) is 7.37. The van der Waals surface area contributed by atoms with Crippen LogP contribution in [0.2, 0.25) is 0 Å². The van der Waals surface area contributed by atoms with E-state index >= 15 is 0 Å². The van der Waals surface area contributed by atoms with E-state index < -0.39 is 6.10 Å². The maximum atomic E-state index is 11.9. The van der Waals surface area contributed by atoms with Crippen LogP contribution in [0.25, 0.3) is 0 Å². The lowest BCUT2D eigenvalue weighted by Gasteiger charge is -2.18. The largest absolute Gasteiger partial charge is 0.491 e. The Morgan fingerprint density at radius 2 is 1.91 bits per heavy atom. The standard InChI is InChI=1S/C18H30N2O3/c1-12(2)17(21)9-10-19-18(22)20-14(5)15-7-6-8-16(11-15)23-13(3)4/h6-8,11-14,17,21H,9-10H2,1-5H3,(H2,19,20,22). The molecular weight excluding hydrogens is 292 g/mol. The summed E-state index contributed by atoms with van der Waals surface area (Å²) < 4.78 is 5.67. The summed E-state index contributed by atoms with van der Waals surface area (Å²) in [6, 6.07) is 7.36. The number of ether oxygens (including phenoxy) is 1. The Morgan fingerprint density at radius 1 is 1.22 bits per heavy atom. The number of nitrogens with one attached hydrogen (secondary N) is 2. The van der Waals surface area contributed by atoms with Crippen molar-refractivity contribution in [1.82, 2.24) is 10.6 Å². The third-order valence-corrected chi connectivity index (χ3v) is 3.57. The molecule has 0 aromatic heterocycles. The van der Waals surface area contributed by atoms with Crippen molar-refractivity contribution in [2.45, 2.75) is 59.3 Å². The van der Waals surface area contributed by atoms with Crippen LogP contribution in [0.15, 0.2) is 24.3 Å². The fraction of sp³-hybridized carbons (Fsp3) is 0.611. The Hall–Kier alpha value is -1.75. The Balaban J connectivity index is 2.46. The number of hydrogen-bond acceptors (Lipinski definition) is 3. The van der Waals surface area contributed by atoms with Gasteiger partial charge in [0.15, 0.2) is 0 Å². The molecule has 0 heterocycles. The van der Waals surface area contributed by atoms with Crippen molar-refractivity contribution in [2.24, 2.45) is 5.92 Å². The first-order valence-electron chi connectivity index (χ1n) is 8.28. The molecule has 2 amide bonds. The van der Waals surface area contributed by atoms with E-state index in [1.54, 1.807) is 0 Å². The normalized spacial score (nSPS) is 13.7. The fourth-order valence-corrected chi connectivity index (χ4v) is 2.13. The minimum atomic E-state index is -0.391. The molecule has 5 heteroatoms. The number of aliphatic hydroxyl groups is 1. The fourth-order valence-electron chi connectivity index (χ4n) is 2.13. The van der Waals surface area contributed by atoms with Crippen molar-refractivity contribution in [3.05, 3.63) is 29.8 Å². The molecule has 0 aliphatic rings. The van der Waals surface area contributed by atoms with Crippen LogP contribution in [0.4, 0.5) is 4.79 Å².